The van der Waals surface area contributed by atoms with Crippen molar-refractivity contribution in [2.45, 2.75) is 19.6 Å². The lowest BCUT2D eigenvalue weighted by molar-refractivity contribution is -0.123. The van der Waals surface area contributed by atoms with Crippen molar-refractivity contribution in [3.63, 3.8) is 0 Å². The maximum atomic E-state index is 12.2. The van der Waals surface area contributed by atoms with Crippen LogP contribution >= 0.6 is 0 Å². The number of amides is 1. The minimum atomic E-state index is -0.961. The van der Waals surface area contributed by atoms with E-state index in [1.807, 2.05) is 30.3 Å². The molecule has 6 heteroatoms. The Morgan fingerprint density at radius 1 is 1.00 bits per heavy atom. The van der Waals surface area contributed by atoms with Crippen LogP contribution in [0.15, 0.2) is 77.4 Å². The van der Waals surface area contributed by atoms with Gasteiger partial charge in [0.15, 0.2) is 6.10 Å². The summed E-state index contributed by atoms with van der Waals surface area (Å²) in [7, 11) is 0. The molecule has 0 fully saturated rings. The molecule has 0 aliphatic heterocycles. The molecule has 2 aromatic carbocycles. The van der Waals surface area contributed by atoms with Crippen LogP contribution in [-0.4, -0.2) is 18.0 Å². The Morgan fingerprint density at radius 3 is 2.41 bits per heavy atom. The van der Waals surface area contributed by atoms with Gasteiger partial charge in [0.05, 0.1) is 6.26 Å². The molecule has 0 aliphatic rings. The monoisotopic (exact) mass is 365 g/mol. The third-order valence-electron chi connectivity index (χ3n) is 3.75. The molecule has 0 saturated carbocycles. The lowest BCUT2D eigenvalue weighted by atomic mass is 10.2. The molecule has 1 aromatic heterocycles. The zero-order valence-electron chi connectivity index (χ0n) is 14.8. The fourth-order valence-corrected chi connectivity index (χ4v) is 2.29. The van der Waals surface area contributed by atoms with E-state index in [1.54, 1.807) is 30.3 Å². The summed E-state index contributed by atoms with van der Waals surface area (Å²) >= 11 is 0. The summed E-state index contributed by atoms with van der Waals surface area (Å²) in [6.07, 6.45) is 0.402. The average molecular weight is 365 g/mol. The smallest absolute Gasteiger partial charge is 0.374 e. The zero-order chi connectivity index (χ0) is 19.1. The largest absolute Gasteiger partial charge is 0.489 e. The van der Waals surface area contributed by atoms with Gasteiger partial charge < -0.3 is 19.2 Å². The Kier molecular flexibility index (Phi) is 5.89. The Labute approximate surface area is 156 Å². The number of furan rings is 1. The maximum absolute atomic E-state index is 12.2. The zero-order valence-corrected chi connectivity index (χ0v) is 14.8. The molecule has 3 rings (SSSR count). The van der Waals surface area contributed by atoms with E-state index in [-0.39, 0.29) is 5.76 Å². The molecule has 0 spiro atoms. The molecule has 27 heavy (non-hydrogen) atoms. The van der Waals surface area contributed by atoms with E-state index >= 15 is 0 Å². The van der Waals surface area contributed by atoms with Gasteiger partial charge in [-0.25, -0.2) is 4.79 Å². The molecule has 1 heterocycles. The molecule has 0 aliphatic carbocycles. The van der Waals surface area contributed by atoms with Gasteiger partial charge in [-0.05, 0) is 48.9 Å². The van der Waals surface area contributed by atoms with Crippen LogP contribution in [0.3, 0.4) is 0 Å². The minimum Gasteiger partial charge on any atom is -0.489 e. The number of hydrogen-bond acceptors (Lipinski definition) is 5. The van der Waals surface area contributed by atoms with Crippen LogP contribution in [0.5, 0.6) is 5.75 Å². The van der Waals surface area contributed by atoms with E-state index in [2.05, 4.69) is 5.32 Å². The van der Waals surface area contributed by atoms with Gasteiger partial charge in [0.1, 0.15) is 12.4 Å². The number of hydrogen-bond donors (Lipinski definition) is 1. The average Bonchev–Trinajstić information content (AvgIpc) is 3.23. The number of carbonyl (C=O) groups is 2. The van der Waals surface area contributed by atoms with Gasteiger partial charge in [0.25, 0.3) is 5.91 Å². The Morgan fingerprint density at radius 2 is 1.74 bits per heavy atom. The highest BCUT2D eigenvalue weighted by molar-refractivity contribution is 5.96. The maximum Gasteiger partial charge on any atom is 0.374 e. The van der Waals surface area contributed by atoms with E-state index in [4.69, 9.17) is 13.9 Å². The first-order valence-electron chi connectivity index (χ1n) is 8.44. The van der Waals surface area contributed by atoms with Crippen LogP contribution in [-0.2, 0) is 16.1 Å². The molecule has 0 bridgehead atoms. The number of anilines is 1. The molecule has 138 valence electrons. The summed E-state index contributed by atoms with van der Waals surface area (Å²) in [5.41, 5.74) is 1.65. The quantitative estimate of drug-likeness (QED) is 0.639. The number of rotatable bonds is 7. The second-order valence-electron chi connectivity index (χ2n) is 5.81. The molecule has 0 saturated heterocycles. The van der Waals surface area contributed by atoms with Gasteiger partial charge in [-0.3, -0.25) is 4.79 Å². The van der Waals surface area contributed by atoms with E-state index < -0.39 is 18.0 Å². The van der Waals surface area contributed by atoms with Gasteiger partial charge in [-0.2, -0.15) is 0 Å². The molecule has 3 aromatic rings. The van der Waals surface area contributed by atoms with Crippen LogP contribution in [0, 0.1) is 0 Å². The lowest BCUT2D eigenvalue weighted by Crippen LogP contribution is -2.29. The van der Waals surface area contributed by atoms with Crippen molar-refractivity contribution in [2.24, 2.45) is 0 Å². The van der Waals surface area contributed by atoms with Crippen LogP contribution in [0.25, 0.3) is 0 Å². The molecular formula is C21H19NO5. The SMILES string of the molecule is C[C@H](OC(=O)c1ccco1)C(=O)Nc1ccc(OCc2ccccc2)cc1. The highest BCUT2D eigenvalue weighted by Gasteiger charge is 2.20. The normalized spacial score (nSPS) is 11.4. The van der Waals surface area contributed by atoms with Crippen molar-refractivity contribution in [2.75, 3.05) is 5.32 Å². The summed E-state index contributed by atoms with van der Waals surface area (Å²) in [6, 6.07) is 19.8. The third-order valence-corrected chi connectivity index (χ3v) is 3.75. The van der Waals surface area contributed by atoms with Crippen molar-refractivity contribution in [1.82, 2.24) is 0 Å². The van der Waals surface area contributed by atoms with Gasteiger partial charge in [0, 0.05) is 5.69 Å². The molecule has 1 amide bonds. The number of ether oxygens (including phenoxy) is 2. The highest BCUT2D eigenvalue weighted by atomic mass is 16.6. The van der Waals surface area contributed by atoms with E-state index in [1.165, 1.54) is 19.3 Å². The molecule has 1 atom stereocenters. The molecular weight excluding hydrogens is 346 g/mol. The first-order chi connectivity index (χ1) is 13.1. The van der Waals surface area contributed by atoms with Gasteiger partial charge >= 0.3 is 5.97 Å². The molecule has 0 radical (unpaired) electrons. The van der Waals surface area contributed by atoms with Gasteiger partial charge in [0.2, 0.25) is 5.76 Å². The van der Waals surface area contributed by atoms with Crippen LogP contribution in [0.2, 0.25) is 0 Å². The number of esters is 1. The van der Waals surface area contributed by atoms with E-state index in [0.717, 1.165) is 5.56 Å². The van der Waals surface area contributed by atoms with Crippen LogP contribution < -0.4 is 10.1 Å². The fourth-order valence-electron chi connectivity index (χ4n) is 2.29. The van der Waals surface area contributed by atoms with Gasteiger partial charge in [-0.15, -0.1) is 0 Å². The molecule has 1 N–H and O–H groups in total. The Balaban J connectivity index is 1.49. The van der Waals surface area contributed by atoms with Crippen LogP contribution in [0.1, 0.15) is 23.0 Å². The van der Waals surface area contributed by atoms with E-state index in [0.29, 0.717) is 18.0 Å². The van der Waals surface area contributed by atoms with Crippen molar-refractivity contribution in [1.29, 1.82) is 0 Å². The van der Waals surface area contributed by atoms with E-state index in [9.17, 15) is 9.59 Å². The van der Waals surface area contributed by atoms with Crippen molar-refractivity contribution >= 4 is 17.6 Å². The standard InChI is InChI=1S/C21H19NO5/c1-15(27-21(24)19-8-5-13-25-19)20(23)22-17-9-11-18(12-10-17)26-14-16-6-3-2-4-7-16/h2-13,15H,14H2,1H3,(H,22,23)/t15-/m0/s1. The number of nitrogens with one attached hydrogen (secondary N) is 1. The summed E-state index contributed by atoms with van der Waals surface area (Å²) in [4.78, 5) is 24.0. The Bertz CT molecular complexity index is 873. The fraction of sp³-hybridized carbons (Fsp3) is 0.143. The predicted octanol–water partition coefficient (Wildman–Crippen LogP) is 4.04. The second kappa shape index (κ2) is 8.71. The number of carbonyl (C=O) groups excluding carboxylic acids is 2. The summed E-state index contributed by atoms with van der Waals surface area (Å²) in [5, 5.41) is 2.69. The van der Waals surface area contributed by atoms with Crippen molar-refractivity contribution in [3.05, 3.63) is 84.3 Å². The number of benzene rings is 2. The minimum absolute atomic E-state index is 0.0505. The lowest BCUT2D eigenvalue weighted by Gasteiger charge is -2.13. The summed E-state index contributed by atoms with van der Waals surface area (Å²) < 4.78 is 15.7. The second-order valence-corrected chi connectivity index (χ2v) is 5.81. The first-order valence-corrected chi connectivity index (χ1v) is 8.44. The summed E-state index contributed by atoms with van der Waals surface area (Å²) in [5.74, 6) is -0.385. The van der Waals surface area contributed by atoms with Crippen molar-refractivity contribution < 1.29 is 23.5 Å². The molecule has 0 unspecified atom stereocenters. The van der Waals surface area contributed by atoms with Gasteiger partial charge in [-0.1, -0.05) is 30.3 Å². The van der Waals surface area contributed by atoms with Crippen molar-refractivity contribution in [3.8, 4) is 5.75 Å². The highest BCUT2D eigenvalue weighted by Crippen LogP contribution is 2.17. The topological polar surface area (TPSA) is 77.8 Å². The van der Waals surface area contributed by atoms with Crippen LogP contribution in [0.4, 0.5) is 5.69 Å². The molecule has 6 nitrogen and oxygen atoms in total. The third kappa shape index (κ3) is 5.22. The summed E-state index contributed by atoms with van der Waals surface area (Å²) in [6.45, 7) is 1.96. The predicted molar refractivity (Wildman–Crippen MR) is 99.4 cm³/mol. The first kappa shape index (κ1) is 18.3. The Hall–Kier alpha value is -3.54.